The molecule has 0 aromatic carbocycles. The maximum Gasteiger partial charge on any atom is 0.409 e. The molecule has 4 nitrogen and oxygen atoms in total. The molecule has 1 fully saturated rings. The van der Waals surface area contributed by atoms with Crippen LogP contribution in [-0.4, -0.2) is 36.5 Å². The molecule has 0 saturated heterocycles. The largest absolute Gasteiger partial charge is 0.453 e. The molecule has 0 atom stereocenters. The average Bonchev–Trinajstić information content (AvgIpc) is 2.39. The summed E-state index contributed by atoms with van der Waals surface area (Å²) >= 11 is 0. The van der Waals surface area contributed by atoms with Crippen LogP contribution in [0, 0.1) is 11.8 Å². The zero-order chi connectivity index (χ0) is 15.2. The van der Waals surface area contributed by atoms with Crippen LogP contribution in [0.2, 0.25) is 0 Å². The number of methoxy groups -OCH3 is 1. The number of carbonyl (C=O) groups excluding carboxylic acids is 2. The summed E-state index contributed by atoms with van der Waals surface area (Å²) in [5.41, 5.74) is -0.207. The minimum absolute atomic E-state index is 0.207. The molecule has 0 aliphatic heterocycles. The van der Waals surface area contributed by atoms with Crippen LogP contribution >= 0.6 is 0 Å². The number of amides is 1. The van der Waals surface area contributed by atoms with Gasteiger partial charge in [0.1, 0.15) is 6.29 Å². The molecule has 0 N–H and O–H groups in total. The predicted octanol–water partition coefficient (Wildman–Crippen LogP) is 3.64. The summed E-state index contributed by atoms with van der Waals surface area (Å²) in [7, 11) is 1.44. The standard InChI is InChI=1S/C16H29NO3/c1-16(2,3)17(15(19)20-4)11-9-13-5-7-14(8-6-13)10-12-18/h12-14H,5-11H2,1-4H3. The van der Waals surface area contributed by atoms with Crippen molar-refractivity contribution in [1.29, 1.82) is 0 Å². The summed E-state index contributed by atoms with van der Waals surface area (Å²) in [6.45, 7) is 6.85. The highest BCUT2D eigenvalue weighted by atomic mass is 16.5. The lowest BCUT2D eigenvalue weighted by Crippen LogP contribution is -2.46. The fraction of sp³-hybridized carbons (Fsp3) is 0.875. The Balaban J connectivity index is 2.41. The van der Waals surface area contributed by atoms with Gasteiger partial charge in [0.15, 0.2) is 0 Å². The van der Waals surface area contributed by atoms with Gasteiger partial charge in [0.05, 0.1) is 7.11 Å². The normalized spacial score (nSPS) is 23.2. The van der Waals surface area contributed by atoms with Crippen LogP contribution in [0.3, 0.4) is 0 Å². The highest BCUT2D eigenvalue weighted by molar-refractivity contribution is 5.68. The first-order valence-electron chi connectivity index (χ1n) is 7.67. The Morgan fingerprint density at radius 1 is 1.20 bits per heavy atom. The lowest BCUT2D eigenvalue weighted by molar-refractivity contribution is -0.108. The Hall–Kier alpha value is -1.06. The van der Waals surface area contributed by atoms with Gasteiger partial charge in [-0.05, 0) is 51.9 Å². The fourth-order valence-electron chi connectivity index (χ4n) is 3.01. The molecule has 1 rings (SSSR count). The fourth-order valence-corrected chi connectivity index (χ4v) is 3.01. The summed E-state index contributed by atoms with van der Waals surface area (Å²) in [4.78, 5) is 24.2. The second-order valence-corrected chi connectivity index (χ2v) is 6.87. The van der Waals surface area contributed by atoms with Crippen LogP contribution in [0.4, 0.5) is 4.79 Å². The number of aldehydes is 1. The van der Waals surface area contributed by atoms with Crippen LogP contribution in [0.15, 0.2) is 0 Å². The summed E-state index contributed by atoms with van der Waals surface area (Å²) < 4.78 is 4.88. The molecule has 0 radical (unpaired) electrons. The molecule has 1 saturated carbocycles. The van der Waals surface area contributed by atoms with E-state index in [0.717, 1.165) is 32.1 Å². The van der Waals surface area contributed by atoms with Crippen LogP contribution in [0.5, 0.6) is 0 Å². The zero-order valence-electron chi connectivity index (χ0n) is 13.4. The highest BCUT2D eigenvalue weighted by Crippen LogP contribution is 2.32. The van der Waals surface area contributed by atoms with Crippen molar-refractivity contribution in [3.63, 3.8) is 0 Å². The van der Waals surface area contributed by atoms with E-state index in [4.69, 9.17) is 4.74 Å². The number of rotatable bonds is 5. The predicted molar refractivity (Wildman–Crippen MR) is 79.6 cm³/mol. The number of carbonyl (C=O) groups is 2. The molecule has 0 bridgehead atoms. The zero-order valence-corrected chi connectivity index (χ0v) is 13.4. The summed E-state index contributed by atoms with van der Waals surface area (Å²) in [6.07, 6.45) is 7.20. The summed E-state index contributed by atoms with van der Waals surface area (Å²) in [5, 5.41) is 0. The molecular formula is C16H29NO3. The molecule has 0 heterocycles. The van der Waals surface area contributed by atoms with E-state index in [-0.39, 0.29) is 11.6 Å². The summed E-state index contributed by atoms with van der Waals surface area (Å²) in [5.74, 6) is 1.26. The Morgan fingerprint density at radius 3 is 2.20 bits per heavy atom. The van der Waals surface area contributed by atoms with Crippen LogP contribution < -0.4 is 0 Å². The van der Waals surface area contributed by atoms with Gasteiger partial charge >= 0.3 is 6.09 Å². The average molecular weight is 283 g/mol. The number of hydrogen-bond donors (Lipinski definition) is 0. The van der Waals surface area contributed by atoms with Crippen molar-refractivity contribution in [2.45, 2.75) is 64.8 Å². The number of hydrogen-bond acceptors (Lipinski definition) is 3. The molecule has 1 amide bonds. The third-order valence-corrected chi connectivity index (χ3v) is 4.36. The quantitative estimate of drug-likeness (QED) is 0.724. The molecule has 0 aromatic heterocycles. The minimum Gasteiger partial charge on any atom is -0.453 e. The van der Waals surface area contributed by atoms with Gasteiger partial charge in [0.25, 0.3) is 0 Å². The molecule has 0 spiro atoms. The van der Waals surface area contributed by atoms with Crippen molar-refractivity contribution in [1.82, 2.24) is 4.90 Å². The molecule has 116 valence electrons. The molecule has 1 aliphatic rings. The van der Waals surface area contributed by atoms with Gasteiger partial charge in [-0.15, -0.1) is 0 Å². The molecule has 0 aromatic rings. The van der Waals surface area contributed by atoms with Gasteiger partial charge < -0.3 is 14.4 Å². The van der Waals surface area contributed by atoms with Crippen LogP contribution in [-0.2, 0) is 9.53 Å². The van der Waals surface area contributed by atoms with Crippen LogP contribution in [0.1, 0.15) is 59.3 Å². The van der Waals surface area contributed by atoms with E-state index in [0.29, 0.717) is 18.3 Å². The molecule has 0 unspecified atom stereocenters. The summed E-state index contributed by atoms with van der Waals surface area (Å²) in [6, 6.07) is 0. The first kappa shape index (κ1) is 17.0. The van der Waals surface area contributed by atoms with E-state index in [1.165, 1.54) is 20.0 Å². The lowest BCUT2D eigenvalue weighted by atomic mass is 9.79. The monoisotopic (exact) mass is 283 g/mol. The van der Waals surface area contributed by atoms with Crippen molar-refractivity contribution < 1.29 is 14.3 Å². The van der Waals surface area contributed by atoms with Crippen LogP contribution in [0.25, 0.3) is 0 Å². The Labute approximate surface area is 122 Å². The Morgan fingerprint density at radius 2 is 1.75 bits per heavy atom. The van der Waals surface area contributed by atoms with Gasteiger partial charge in [-0.3, -0.25) is 0 Å². The molecular weight excluding hydrogens is 254 g/mol. The molecule has 1 aliphatic carbocycles. The lowest BCUT2D eigenvalue weighted by Gasteiger charge is -2.36. The van der Waals surface area contributed by atoms with Gasteiger partial charge in [-0.25, -0.2) is 4.79 Å². The third-order valence-electron chi connectivity index (χ3n) is 4.36. The van der Waals surface area contributed by atoms with Crippen molar-refractivity contribution in [3.8, 4) is 0 Å². The topological polar surface area (TPSA) is 46.6 Å². The van der Waals surface area contributed by atoms with Crippen molar-refractivity contribution in [2.75, 3.05) is 13.7 Å². The minimum atomic E-state index is -0.243. The van der Waals surface area contributed by atoms with E-state index in [1.807, 2.05) is 25.7 Å². The maximum absolute atomic E-state index is 11.8. The van der Waals surface area contributed by atoms with Gasteiger partial charge in [-0.2, -0.15) is 0 Å². The van der Waals surface area contributed by atoms with Crippen molar-refractivity contribution in [3.05, 3.63) is 0 Å². The van der Waals surface area contributed by atoms with E-state index in [1.54, 1.807) is 0 Å². The van der Waals surface area contributed by atoms with Crippen molar-refractivity contribution in [2.24, 2.45) is 11.8 Å². The second kappa shape index (κ2) is 7.65. The van der Waals surface area contributed by atoms with Gasteiger partial charge in [0.2, 0.25) is 0 Å². The number of nitrogens with zero attached hydrogens (tertiary/aromatic N) is 1. The van der Waals surface area contributed by atoms with E-state index in [9.17, 15) is 9.59 Å². The number of ether oxygens (including phenoxy) is 1. The highest BCUT2D eigenvalue weighted by Gasteiger charge is 2.28. The van der Waals surface area contributed by atoms with E-state index >= 15 is 0 Å². The maximum atomic E-state index is 11.8. The molecule has 20 heavy (non-hydrogen) atoms. The van der Waals surface area contributed by atoms with Gasteiger partial charge in [0, 0.05) is 18.5 Å². The van der Waals surface area contributed by atoms with Crippen molar-refractivity contribution >= 4 is 12.4 Å². The SMILES string of the molecule is COC(=O)N(CCC1CCC(CC=O)CC1)C(C)(C)C. The Bertz CT molecular complexity index is 314. The second-order valence-electron chi connectivity index (χ2n) is 6.87. The van der Waals surface area contributed by atoms with E-state index < -0.39 is 0 Å². The Kier molecular flexibility index (Phi) is 6.50. The first-order chi connectivity index (χ1) is 9.38. The smallest absolute Gasteiger partial charge is 0.409 e. The first-order valence-corrected chi connectivity index (χ1v) is 7.67. The molecule has 4 heteroatoms. The van der Waals surface area contributed by atoms with Gasteiger partial charge in [-0.1, -0.05) is 12.8 Å². The van der Waals surface area contributed by atoms with E-state index in [2.05, 4.69) is 0 Å². The third kappa shape index (κ3) is 5.14.